The summed E-state index contributed by atoms with van der Waals surface area (Å²) in [6.45, 7) is 14.2. The van der Waals surface area contributed by atoms with Crippen molar-refractivity contribution in [3.8, 4) is 0 Å². The standard InChI is InChI=1S/C48H63N13O4/c1-54(2)47(65)41-28-34-29-50-48(53-44(34)61(41)36-5-3-4-6-36)51-42-11-8-38(30-49-42)59-23-19-56(20-24-59)18-17-55-15-13-33(14-16-55)31-57-21-25-58(26-22-57)37-7-9-39-35(27-37)32-60(46(39)64)40-10-12-43(62)52-45(40)63/h7-9,11,27-30,33,36,40H,3-6,10,12-26,31-32H2,1-2H3,(H,52,62,63)(H,49,50,51,53). The molecule has 0 bridgehead atoms. The third kappa shape index (κ3) is 9.27. The largest absolute Gasteiger partial charge is 0.369 e. The molecule has 17 nitrogen and oxygen atoms in total. The normalized spacial score (nSPS) is 22.0. The number of amides is 4. The Morgan fingerprint density at radius 3 is 2.15 bits per heavy atom. The first-order valence-electron chi connectivity index (χ1n) is 23.9. The molecule has 1 aromatic carbocycles. The van der Waals surface area contributed by atoms with E-state index in [1.54, 1.807) is 30.1 Å². The van der Waals surface area contributed by atoms with E-state index in [0.29, 0.717) is 36.0 Å². The lowest BCUT2D eigenvalue weighted by atomic mass is 9.96. The Morgan fingerprint density at radius 2 is 1.46 bits per heavy atom. The van der Waals surface area contributed by atoms with Gasteiger partial charge in [0.15, 0.2) is 0 Å². The van der Waals surface area contributed by atoms with E-state index >= 15 is 0 Å². The molecule has 5 aliphatic heterocycles. The van der Waals surface area contributed by atoms with Crippen molar-refractivity contribution < 1.29 is 19.2 Å². The van der Waals surface area contributed by atoms with Gasteiger partial charge >= 0.3 is 0 Å². The quantitative estimate of drug-likeness (QED) is 0.198. The van der Waals surface area contributed by atoms with Crippen molar-refractivity contribution in [3.05, 3.63) is 65.6 Å². The van der Waals surface area contributed by atoms with Crippen LogP contribution in [0, 0.1) is 5.92 Å². The lowest BCUT2D eigenvalue weighted by Gasteiger charge is -2.40. The lowest BCUT2D eigenvalue weighted by molar-refractivity contribution is -0.136. The van der Waals surface area contributed by atoms with Gasteiger partial charge in [0.2, 0.25) is 17.8 Å². The minimum absolute atomic E-state index is 0.0152. The summed E-state index contributed by atoms with van der Waals surface area (Å²) in [5.41, 5.74) is 5.35. The molecule has 10 rings (SSSR count). The number of hydrogen-bond acceptors (Lipinski definition) is 13. The van der Waals surface area contributed by atoms with Crippen LogP contribution in [0.1, 0.15) is 83.8 Å². The van der Waals surface area contributed by atoms with Crippen molar-refractivity contribution in [3.63, 3.8) is 0 Å². The fourth-order valence-electron chi connectivity index (χ4n) is 11.0. The predicted molar refractivity (Wildman–Crippen MR) is 250 cm³/mol. The SMILES string of the molecule is CN(C)C(=O)c1cc2cnc(Nc3ccc(N4CCN(CCN5CCC(CN6CCN(c7ccc8c(c7)CN(C7CCC(=O)NC7=O)C8=O)CC6)CC5)CC4)cn3)nc2n1C1CCCC1. The molecule has 4 aromatic rings. The minimum Gasteiger partial charge on any atom is -0.369 e. The van der Waals surface area contributed by atoms with Gasteiger partial charge in [-0.05, 0) is 93.1 Å². The van der Waals surface area contributed by atoms with Crippen LogP contribution in [0.4, 0.5) is 23.1 Å². The fourth-order valence-corrected chi connectivity index (χ4v) is 11.0. The average molecular weight is 886 g/mol. The number of piperazine rings is 2. The Hall–Kier alpha value is -5.65. The number of carbonyl (C=O) groups excluding carboxylic acids is 4. The Kier molecular flexibility index (Phi) is 12.4. The Balaban J connectivity index is 0.633. The third-order valence-electron chi connectivity index (χ3n) is 14.8. The molecule has 4 amide bonds. The van der Waals surface area contributed by atoms with E-state index < -0.39 is 6.04 Å². The van der Waals surface area contributed by atoms with Crippen LogP contribution < -0.4 is 20.4 Å². The molecule has 1 aliphatic carbocycles. The Bertz CT molecular complexity index is 2390. The zero-order valence-corrected chi connectivity index (χ0v) is 38.0. The summed E-state index contributed by atoms with van der Waals surface area (Å²) in [4.78, 5) is 80.6. The smallest absolute Gasteiger partial charge is 0.270 e. The highest BCUT2D eigenvalue weighted by Crippen LogP contribution is 2.35. The molecule has 17 heteroatoms. The summed E-state index contributed by atoms with van der Waals surface area (Å²) >= 11 is 0. The van der Waals surface area contributed by atoms with Gasteiger partial charge in [0.1, 0.15) is 23.2 Å². The monoisotopic (exact) mass is 886 g/mol. The van der Waals surface area contributed by atoms with Crippen LogP contribution in [0.25, 0.3) is 11.0 Å². The molecule has 1 atom stereocenters. The van der Waals surface area contributed by atoms with Gasteiger partial charge in [-0.3, -0.25) is 34.3 Å². The molecule has 1 saturated carbocycles. The summed E-state index contributed by atoms with van der Waals surface area (Å²) in [7, 11) is 3.58. The van der Waals surface area contributed by atoms with E-state index in [1.807, 2.05) is 30.5 Å². The number of imide groups is 1. The highest BCUT2D eigenvalue weighted by atomic mass is 16.2. The van der Waals surface area contributed by atoms with Gasteiger partial charge in [-0.1, -0.05) is 12.8 Å². The molecule has 2 N–H and O–H groups in total. The summed E-state index contributed by atoms with van der Waals surface area (Å²) in [5.74, 6) is 1.13. The molecule has 5 fully saturated rings. The molecule has 0 spiro atoms. The summed E-state index contributed by atoms with van der Waals surface area (Å²) in [6, 6.07) is 11.8. The fraction of sp³-hybridized carbons (Fsp3) is 0.562. The van der Waals surface area contributed by atoms with Crippen LogP contribution in [0.5, 0.6) is 0 Å². The number of rotatable bonds is 12. The highest BCUT2D eigenvalue weighted by molar-refractivity contribution is 6.05. The van der Waals surface area contributed by atoms with E-state index in [1.165, 1.54) is 25.9 Å². The third-order valence-corrected chi connectivity index (χ3v) is 14.8. The molecule has 1 unspecified atom stereocenters. The second kappa shape index (κ2) is 18.7. The van der Waals surface area contributed by atoms with Crippen molar-refractivity contribution in [2.45, 2.75) is 70.0 Å². The van der Waals surface area contributed by atoms with Crippen LogP contribution >= 0.6 is 0 Å². The molecule has 6 aliphatic rings. The van der Waals surface area contributed by atoms with Gasteiger partial charge < -0.3 is 34.4 Å². The number of nitrogens with one attached hydrogen (secondary N) is 2. The first kappa shape index (κ1) is 43.3. The van der Waals surface area contributed by atoms with Gasteiger partial charge in [-0.15, -0.1) is 0 Å². The lowest BCUT2D eigenvalue weighted by Crippen LogP contribution is -2.52. The van der Waals surface area contributed by atoms with Gasteiger partial charge in [0.05, 0.1) is 11.9 Å². The zero-order chi connectivity index (χ0) is 44.6. The number of pyridine rings is 1. The number of anilines is 4. The van der Waals surface area contributed by atoms with Gasteiger partial charge in [0.25, 0.3) is 11.8 Å². The number of benzene rings is 1. The molecule has 65 heavy (non-hydrogen) atoms. The van der Waals surface area contributed by atoms with Crippen LogP contribution in [0.3, 0.4) is 0 Å². The van der Waals surface area contributed by atoms with E-state index in [2.05, 4.69) is 56.8 Å². The van der Waals surface area contributed by atoms with E-state index in [0.717, 1.165) is 132 Å². The number of aromatic nitrogens is 4. The number of fused-ring (bicyclic) bond motifs is 2. The van der Waals surface area contributed by atoms with Gasteiger partial charge in [-0.2, -0.15) is 4.98 Å². The van der Waals surface area contributed by atoms with E-state index in [9.17, 15) is 19.2 Å². The van der Waals surface area contributed by atoms with Crippen molar-refractivity contribution in [1.29, 1.82) is 0 Å². The van der Waals surface area contributed by atoms with Crippen molar-refractivity contribution >= 4 is 57.8 Å². The Labute approximate surface area is 381 Å². The van der Waals surface area contributed by atoms with E-state index in [4.69, 9.17) is 9.97 Å². The minimum atomic E-state index is -0.586. The van der Waals surface area contributed by atoms with Crippen molar-refractivity contribution in [2.24, 2.45) is 5.92 Å². The first-order chi connectivity index (χ1) is 31.6. The molecule has 0 radical (unpaired) electrons. The van der Waals surface area contributed by atoms with Crippen LogP contribution in [-0.4, -0.2) is 173 Å². The maximum atomic E-state index is 13.2. The number of carbonyl (C=O) groups is 4. The van der Waals surface area contributed by atoms with Crippen LogP contribution in [-0.2, 0) is 16.1 Å². The summed E-state index contributed by atoms with van der Waals surface area (Å²) in [5, 5.41) is 6.57. The Morgan fingerprint density at radius 1 is 0.769 bits per heavy atom. The van der Waals surface area contributed by atoms with Crippen LogP contribution in [0.15, 0.2) is 48.8 Å². The maximum absolute atomic E-state index is 13.2. The number of piperidine rings is 2. The van der Waals surface area contributed by atoms with Crippen LogP contribution in [0.2, 0.25) is 0 Å². The number of hydrogen-bond donors (Lipinski definition) is 2. The average Bonchev–Trinajstić information content (AvgIpc) is 4.07. The molecular weight excluding hydrogens is 823 g/mol. The topological polar surface area (TPSA) is 159 Å². The molecule has 3 aromatic heterocycles. The molecular formula is C48H63N13O4. The second-order valence-corrected chi connectivity index (χ2v) is 19.2. The first-order valence-corrected chi connectivity index (χ1v) is 23.9. The maximum Gasteiger partial charge on any atom is 0.270 e. The summed E-state index contributed by atoms with van der Waals surface area (Å²) in [6.07, 6.45) is 11.3. The van der Waals surface area contributed by atoms with Gasteiger partial charge in [0, 0.05) is 128 Å². The van der Waals surface area contributed by atoms with Crippen molar-refractivity contribution in [1.82, 2.24) is 49.3 Å². The summed E-state index contributed by atoms with van der Waals surface area (Å²) < 4.78 is 2.13. The highest BCUT2D eigenvalue weighted by Gasteiger charge is 2.39. The van der Waals surface area contributed by atoms with E-state index in [-0.39, 0.29) is 36.1 Å². The van der Waals surface area contributed by atoms with Gasteiger partial charge in [-0.25, -0.2) is 9.97 Å². The van der Waals surface area contributed by atoms with Crippen molar-refractivity contribution in [2.75, 3.05) is 114 Å². The molecule has 344 valence electrons. The predicted octanol–water partition coefficient (Wildman–Crippen LogP) is 3.80. The second-order valence-electron chi connectivity index (χ2n) is 19.2. The number of nitrogens with zero attached hydrogens (tertiary/aromatic N) is 11. The number of likely N-dealkylation sites (tertiary alicyclic amines) is 1. The molecule has 4 saturated heterocycles. The zero-order valence-electron chi connectivity index (χ0n) is 38.0. The molecule has 8 heterocycles.